The van der Waals surface area contributed by atoms with E-state index in [1.807, 2.05) is 4.90 Å². The molecule has 2 amide bonds. The molecular weight excluding hydrogens is 306 g/mol. The molecule has 0 spiro atoms. The van der Waals surface area contributed by atoms with Crippen molar-refractivity contribution in [1.82, 2.24) is 15.5 Å². The Hall–Kier alpha value is -0.850. The molecule has 0 saturated carbocycles. The minimum absolute atomic E-state index is 0. The van der Waals surface area contributed by atoms with Gasteiger partial charge in [0.1, 0.15) is 0 Å². The number of nitrogens with zero attached hydrogens (tertiary/aromatic N) is 1. The van der Waals surface area contributed by atoms with Crippen LogP contribution in [0.2, 0.25) is 0 Å². The van der Waals surface area contributed by atoms with E-state index >= 15 is 0 Å². The van der Waals surface area contributed by atoms with E-state index in [4.69, 9.17) is 4.74 Å². The Balaban J connectivity index is 0.00000441. The van der Waals surface area contributed by atoms with Gasteiger partial charge in [-0.25, -0.2) is 0 Å². The second kappa shape index (κ2) is 12.7. The predicted molar refractivity (Wildman–Crippen MR) is 89.2 cm³/mol. The lowest BCUT2D eigenvalue weighted by Gasteiger charge is -2.31. The van der Waals surface area contributed by atoms with Crippen molar-refractivity contribution in [3.63, 3.8) is 0 Å². The van der Waals surface area contributed by atoms with Crippen LogP contribution in [0.1, 0.15) is 32.6 Å². The third kappa shape index (κ3) is 7.96. The van der Waals surface area contributed by atoms with Gasteiger partial charge in [-0.05, 0) is 19.3 Å². The van der Waals surface area contributed by atoms with Crippen LogP contribution in [0.25, 0.3) is 0 Å². The predicted octanol–water partition coefficient (Wildman–Crippen LogP) is 0.799. The fraction of sp³-hybridized carbons (Fsp3) is 0.867. The van der Waals surface area contributed by atoms with E-state index in [-0.39, 0.29) is 30.1 Å². The first-order valence-corrected chi connectivity index (χ1v) is 7.94. The number of carbonyl (C=O) groups is 2. The molecule has 0 radical (unpaired) electrons. The standard InChI is InChI=1S/C15H29N3O3.ClH/c1-3-4-7-17-15(20)13-5-9-18(10-6-13)14(19)12-16-8-11-21-2;/h13,16H,3-12H2,1-2H3,(H,17,20);1H. The molecular formula is C15H30ClN3O3. The average Bonchev–Trinajstić information content (AvgIpc) is 2.51. The maximum absolute atomic E-state index is 12.0. The Kier molecular flexibility index (Phi) is 12.2. The highest BCUT2D eigenvalue weighted by Crippen LogP contribution is 2.17. The highest BCUT2D eigenvalue weighted by Gasteiger charge is 2.26. The quantitative estimate of drug-likeness (QED) is 0.611. The van der Waals surface area contributed by atoms with Gasteiger partial charge in [-0.3, -0.25) is 9.59 Å². The molecule has 0 aliphatic carbocycles. The molecule has 1 fully saturated rings. The number of unbranched alkanes of at least 4 members (excludes halogenated alkanes) is 1. The van der Waals surface area contributed by atoms with Gasteiger partial charge in [0.25, 0.3) is 0 Å². The van der Waals surface area contributed by atoms with E-state index in [0.717, 1.165) is 32.2 Å². The number of hydrogen-bond donors (Lipinski definition) is 2. The van der Waals surface area contributed by atoms with E-state index in [2.05, 4.69) is 17.6 Å². The van der Waals surface area contributed by atoms with Gasteiger partial charge < -0.3 is 20.3 Å². The Bertz CT molecular complexity index is 321. The Morgan fingerprint density at radius 1 is 1.23 bits per heavy atom. The Labute approximate surface area is 139 Å². The summed E-state index contributed by atoms with van der Waals surface area (Å²) in [6.07, 6.45) is 3.64. The normalized spacial score (nSPS) is 15.3. The summed E-state index contributed by atoms with van der Waals surface area (Å²) < 4.78 is 4.92. The van der Waals surface area contributed by atoms with Crippen molar-refractivity contribution in [2.24, 2.45) is 5.92 Å². The minimum atomic E-state index is 0. The lowest BCUT2D eigenvalue weighted by Crippen LogP contribution is -2.46. The zero-order valence-corrected chi connectivity index (χ0v) is 14.5. The van der Waals surface area contributed by atoms with E-state index in [9.17, 15) is 9.59 Å². The zero-order chi connectivity index (χ0) is 15.5. The highest BCUT2D eigenvalue weighted by molar-refractivity contribution is 5.85. The number of hydrogen-bond acceptors (Lipinski definition) is 4. The van der Waals surface area contributed by atoms with Crippen molar-refractivity contribution in [2.75, 3.05) is 46.4 Å². The summed E-state index contributed by atoms with van der Waals surface area (Å²) in [5.74, 6) is 0.317. The number of likely N-dealkylation sites (tertiary alicyclic amines) is 1. The summed E-state index contributed by atoms with van der Waals surface area (Å²) in [5.41, 5.74) is 0. The summed E-state index contributed by atoms with van der Waals surface area (Å²) in [4.78, 5) is 25.8. The van der Waals surface area contributed by atoms with Gasteiger partial charge in [0, 0.05) is 39.2 Å². The second-order valence-electron chi connectivity index (χ2n) is 5.47. The zero-order valence-electron chi connectivity index (χ0n) is 13.7. The van der Waals surface area contributed by atoms with Crippen LogP contribution in [0, 0.1) is 5.92 Å². The van der Waals surface area contributed by atoms with Crippen molar-refractivity contribution >= 4 is 24.2 Å². The topological polar surface area (TPSA) is 70.7 Å². The van der Waals surface area contributed by atoms with Crippen molar-refractivity contribution < 1.29 is 14.3 Å². The van der Waals surface area contributed by atoms with Crippen LogP contribution in [0.3, 0.4) is 0 Å². The molecule has 6 nitrogen and oxygen atoms in total. The first-order valence-electron chi connectivity index (χ1n) is 7.94. The van der Waals surface area contributed by atoms with E-state index < -0.39 is 0 Å². The van der Waals surface area contributed by atoms with Crippen LogP contribution < -0.4 is 10.6 Å². The molecule has 1 aliphatic heterocycles. The van der Waals surface area contributed by atoms with Crippen LogP contribution in [-0.4, -0.2) is 63.2 Å². The molecule has 1 heterocycles. The minimum Gasteiger partial charge on any atom is -0.383 e. The van der Waals surface area contributed by atoms with E-state index in [1.54, 1.807) is 7.11 Å². The fourth-order valence-electron chi connectivity index (χ4n) is 2.41. The van der Waals surface area contributed by atoms with Gasteiger partial charge in [-0.1, -0.05) is 13.3 Å². The first-order chi connectivity index (χ1) is 10.2. The van der Waals surface area contributed by atoms with Gasteiger partial charge in [-0.15, -0.1) is 12.4 Å². The summed E-state index contributed by atoms with van der Waals surface area (Å²) in [6, 6.07) is 0. The van der Waals surface area contributed by atoms with Gasteiger partial charge in [-0.2, -0.15) is 0 Å². The molecule has 0 unspecified atom stereocenters. The SMILES string of the molecule is CCCCNC(=O)C1CCN(C(=O)CNCCOC)CC1.Cl. The van der Waals surface area contributed by atoms with Crippen LogP contribution in [0.5, 0.6) is 0 Å². The summed E-state index contributed by atoms with van der Waals surface area (Å²) >= 11 is 0. The number of ether oxygens (including phenoxy) is 1. The molecule has 130 valence electrons. The molecule has 0 aromatic carbocycles. The number of halogens is 1. The second-order valence-corrected chi connectivity index (χ2v) is 5.47. The van der Waals surface area contributed by atoms with Gasteiger partial charge in [0.15, 0.2) is 0 Å². The molecule has 22 heavy (non-hydrogen) atoms. The monoisotopic (exact) mass is 335 g/mol. The molecule has 2 N–H and O–H groups in total. The van der Waals surface area contributed by atoms with Crippen LogP contribution in [0.15, 0.2) is 0 Å². The number of amides is 2. The smallest absolute Gasteiger partial charge is 0.236 e. The summed E-state index contributed by atoms with van der Waals surface area (Å²) in [5, 5.41) is 6.03. The lowest BCUT2D eigenvalue weighted by atomic mass is 9.96. The molecule has 0 bridgehead atoms. The highest BCUT2D eigenvalue weighted by atomic mass is 35.5. The summed E-state index contributed by atoms with van der Waals surface area (Å²) in [7, 11) is 1.64. The van der Waals surface area contributed by atoms with E-state index in [0.29, 0.717) is 32.8 Å². The Morgan fingerprint density at radius 2 is 1.91 bits per heavy atom. The van der Waals surface area contributed by atoms with Gasteiger partial charge >= 0.3 is 0 Å². The third-order valence-corrected chi connectivity index (χ3v) is 3.81. The number of methoxy groups -OCH3 is 1. The molecule has 0 atom stereocenters. The third-order valence-electron chi connectivity index (χ3n) is 3.81. The number of rotatable bonds is 9. The number of carbonyl (C=O) groups excluding carboxylic acids is 2. The Morgan fingerprint density at radius 3 is 2.50 bits per heavy atom. The maximum atomic E-state index is 12.0. The van der Waals surface area contributed by atoms with Crippen LogP contribution >= 0.6 is 12.4 Å². The molecule has 1 rings (SSSR count). The number of piperidine rings is 1. The van der Waals surface area contributed by atoms with Gasteiger partial charge in [0.2, 0.25) is 11.8 Å². The van der Waals surface area contributed by atoms with Crippen LogP contribution in [0.4, 0.5) is 0 Å². The average molecular weight is 336 g/mol. The molecule has 0 aromatic heterocycles. The first kappa shape index (κ1) is 21.1. The van der Waals surface area contributed by atoms with Crippen molar-refractivity contribution in [3.8, 4) is 0 Å². The maximum Gasteiger partial charge on any atom is 0.236 e. The number of nitrogens with one attached hydrogen (secondary N) is 2. The lowest BCUT2D eigenvalue weighted by molar-refractivity contribution is -0.134. The molecule has 1 aliphatic rings. The van der Waals surface area contributed by atoms with Crippen LogP contribution in [-0.2, 0) is 14.3 Å². The van der Waals surface area contributed by atoms with Crippen molar-refractivity contribution in [3.05, 3.63) is 0 Å². The molecule has 1 saturated heterocycles. The van der Waals surface area contributed by atoms with E-state index in [1.165, 1.54) is 0 Å². The van der Waals surface area contributed by atoms with Gasteiger partial charge in [0.05, 0.1) is 13.2 Å². The molecule has 7 heteroatoms. The fourth-order valence-corrected chi connectivity index (χ4v) is 2.41. The summed E-state index contributed by atoms with van der Waals surface area (Å²) in [6.45, 7) is 5.85. The van der Waals surface area contributed by atoms with Crippen molar-refractivity contribution in [2.45, 2.75) is 32.6 Å². The van der Waals surface area contributed by atoms with Crippen molar-refractivity contribution in [1.29, 1.82) is 0 Å². The largest absolute Gasteiger partial charge is 0.383 e. The molecule has 0 aromatic rings.